The zero-order valence-corrected chi connectivity index (χ0v) is 12.7. The minimum absolute atomic E-state index is 0.0916. The summed E-state index contributed by atoms with van der Waals surface area (Å²) in [6, 6.07) is 16.6. The smallest absolute Gasteiger partial charge is 0.118 e. The van der Waals surface area contributed by atoms with Gasteiger partial charge in [-0.25, -0.2) is 0 Å². The lowest BCUT2D eigenvalue weighted by molar-refractivity contribution is 0.414. The average molecular weight is 298 g/mol. The van der Waals surface area contributed by atoms with E-state index < -0.39 is 0 Å². The molecule has 3 N–H and O–H groups in total. The topological polar surface area (TPSA) is 47.3 Å². The van der Waals surface area contributed by atoms with Gasteiger partial charge in [-0.05, 0) is 46.5 Å². The van der Waals surface area contributed by atoms with Crippen LogP contribution in [0.5, 0.6) is 5.75 Å². The first-order valence-corrected chi connectivity index (χ1v) is 7.75. The first-order valence-electron chi connectivity index (χ1n) is 6.87. The molecule has 0 saturated carbocycles. The molecule has 21 heavy (non-hydrogen) atoms. The molecule has 2 aromatic carbocycles. The van der Waals surface area contributed by atoms with Gasteiger partial charge in [0.1, 0.15) is 5.75 Å². The molecule has 108 valence electrons. The molecule has 0 spiro atoms. The van der Waals surface area contributed by atoms with Crippen molar-refractivity contribution < 1.29 is 4.74 Å². The number of hydrazine groups is 1. The third-order valence-corrected chi connectivity index (χ3v) is 4.72. The minimum atomic E-state index is 0.0916. The SMILES string of the molecule is COc1ccc(C(Cc2csc3ccccc23)NN)cc1. The number of nitrogens with two attached hydrogens (primary N) is 1. The number of hydrogen-bond donors (Lipinski definition) is 2. The number of fused-ring (bicyclic) bond motifs is 1. The Kier molecular flexibility index (Phi) is 4.20. The summed E-state index contributed by atoms with van der Waals surface area (Å²) in [7, 11) is 1.67. The largest absolute Gasteiger partial charge is 0.497 e. The molecule has 0 aliphatic heterocycles. The molecule has 0 bridgehead atoms. The van der Waals surface area contributed by atoms with Crippen LogP contribution in [-0.2, 0) is 6.42 Å². The number of thiophene rings is 1. The van der Waals surface area contributed by atoms with E-state index in [1.54, 1.807) is 18.4 Å². The van der Waals surface area contributed by atoms with E-state index in [2.05, 4.69) is 47.2 Å². The predicted octanol–water partition coefficient (Wildman–Crippen LogP) is 3.66. The summed E-state index contributed by atoms with van der Waals surface area (Å²) in [5.74, 6) is 6.62. The highest BCUT2D eigenvalue weighted by Crippen LogP contribution is 2.29. The zero-order valence-electron chi connectivity index (χ0n) is 11.9. The van der Waals surface area contributed by atoms with Gasteiger partial charge in [-0.15, -0.1) is 11.3 Å². The van der Waals surface area contributed by atoms with Crippen LogP contribution in [0.25, 0.3) is 10.1 Å². The molecule has 3 aromatic rings. The van der Waals surface area contributed by atoms with Crippen LogP contribution >= 0.6 is 11.3 Å². The fourth-order valence-corrected chi connectivity index (χ4v) is 3.50. The molecule has 1 atom stereocenters. The molecule has 0 fully saturated rings. The highest BCUT2D eigenvalue weighted by Gasteiger charge is 2.13. The van der Waals surface area contributed by atoms with Crippen molar-refractivity contribution >= 4 is 21.4 Å². The van der Waals surface area contributed by atoms with Gasteiger partial charge in [0.2, 0.25) is 0 Å². The molecular weight excluding hydrogens is 280 g/mol. The molecule has 4 heteroatoms. The van der Waals surface area contributed by atoms with Crippen LogP contribution < -0.4 is 16.0 Å². The number of ether oxygens (including phenoxy) is 1. The Morgan fingerprint density at radius 2 is 1.90 bits per heavy atom. The molecule has 1 aromatic heterocycles. The maximum Gasteiger partial charge on any atom is 0.118 e. The van der Waals surface area contributed by atoms with Gasteiger partial charge in [0.15, 0.2) is 0 Å². The van der Waals surface area contributed by atoms with Gasteiger partial charge in [-0.2, -0.15) is 0 Å². The van der Waals surface area contributed by atoms with Crippen molar-refractivity contribution in [2.75, 3.05) is 7.11 Å². The normalized spacial score (nSPS) is 12.5. The highest BCUT2D eigenvalue weighted by molar-refractivity contribution is 7.17. The van der Waals surface area contributed by atoms with Crippen LogP contribution in [0.15, 0.2) is 53.9 Å². The van der Waals surface area contributed by atoms with E-state index in [1.165, 1.54) is 15.6 Å². The van der Waals surface area contributed by atoms with E-state index in [0.29, 0.717) is 0 Å². The molecule has 1 unspecified atom stereocenters. The van der Waals surface area contributed by atoms with Crippen molar-refractivity contribution in [1.82, 2.24) is 5.43 Å². The van der Waals surface area contributed by atoms with Crippen LogP contribution in [0.2, 0.25) is 0 Å². The van der Waals surface area contributed by atoms with Crippen LogP contribution in [0.3, 0.4) is 0 Å². The Morgan fingerprint density at radius 1 is 1.14 bits per heavy atom. The van der Waals surface area contributed by atoms with E-state index in [1.807, 2.05) is 12.1 Å². The maximum absolute atomic E-state index is 5.76. The lowest BCUT2D eigenvalue weighted by atomic mass is 9.99. The summed E-state index contributed by atoms with van der Waals surface area (Å²) < 4.78 is 6.51. The number of methoxy groups -OCH3 is 1. The third kappa shape index (κ3) is 2.93. The summed E-state index contributed by atoms with van der Waals surface area (Å²) in [6.07, 6.45) is 0.868. The molecule has 3 nitrogen and oxygen atoms in total. The first-order chi connectivity index (χ1) is 10.3. The molecule has 0 amide bonds. The lowest BCUT2D eigenvalue weighted by Gasteiger charge is -2.16. The highest BCUT2D eigenvalue weighted by atomic mass is 32.1. The Labute approximate surface area is 128 Å². The quantitative estimate of drug-likeness (QED) is 0.558. The van der Waals surface area contributed by atoms with Crippen molar-refractivity contribution in [3.63, 3.8) is 0 Å². The fraction of sp³-hybridized carbons (Fsp3) is 0.176. The number of nitrogens with one attached hydrogen (secondary N) is 1. The molecule has 3 rings (SSSR count). The Morgan fingerprint density at radius 3 is 2.62 bits per heavy atom. The van der Waals surface area contributed by atoms with Gasteiger partial charge < -0.3 is 4.74 Å². The molecule has 0 aliphatic carbocycles. The van der Waals surface area contributed by atoms with E-state index in [-0.39, 0.29) is 6.04 Å². The van der Waals surface area contributed by atoms with E-state index in [9.17, 15) is 0 Å². The second-order valence-corrected chi connectivity index (χ2v) is 5.86. The van der Waals surface area contributed by atoms with E-state index in [0.717, 1.165) is 17.7 Å². The fourth-order valence-electron chi connectivity index (χ4n) is 2.52. The molecule has 0 saturated heterocycles. The second-order valence-electron chi connectivity index (χ2n) is 4.95. The molecular formula is C17H18N2OS. The molecule has 0 radical (unpaired) electrons. The lowest BCUT2D eigenvalue weighted by Crippen LogP contribution is -2.29. The zero-order chi connectivity index (χ0) is 14.7. The molecule has 1 heterocycles. The predicted molar refractivity (Wildman–Crippen MR) is 88.6 cm³/mol. The van der Waals surface area contributed by atoms with Crippen molar-refractivity contribution in [2.24, 2.45) is 5.84 Å². The summed E-state index contributed by atoms with van der Waals surface area (Å²) in [5, 5.41) is 3.54. The van der Waals surface area contributed by atoms with Crippen LogP contribution in [0, 0.1) is 0 Å². The van der Waals surface area contributed by atoms with Crippen molar-refractivity contribution in [1.29, 1.82) is 0 Å². The average Bonchev–Trinajstić information content (AvgIpc) is 2.96. The third-order valence-electron chi connectivity index (χ3n) is 3.70. The summed E-state index contributed by atoms with van der Waals surface area (Å²) in [4.78, 5) is 0. The van der Waals surface area contributed by atoms with Gasteiger partial charge in [0.05, 0.1) is 13.2 Å². The van der Waals surface area contributed by atoms with Gasteiger partial charge in [0, 0.05) is 4.70 Å². The Hall–Kier alpha value is -1.88. The van der Waals surface area contributed by atoms with Gasteiger partial charge in [0.25, 0.3) is 0 Å². The Bertz CT molecular complexity index is 721. The van der Waals surface area contributed by atoms with Crippen LogP contribution in [0.4, 0.5) is 0 Å². The summed E-state index contributed by atoms with van der Waals surface area (Å²) >= 11 is 1.78. The molecule has 0 aliphatic rings. The van der Waals surface area contributed by atoms with Gasteiger partial charge in [-0.3, -0.25) is 11.3 Å². The van der Waals surface area contributed by atoms with Gasteiger partial charge in [-0.1, -0.05) is 30.3 Å². The minimum Gasteiger partial charge on any atom is -0.497 e. The van der Waals surface area contributed by atoms with Crippen molar-refractivity contribution in [3.05, 3.63) is 65.0 Å². The second kappa shape index (κ2) is 6.26. The van der Waals surface area contributed by atoms with Crippen LogP contribution in [0.1, 0.15) is 17.2 Å². The van der Waals surface area contributed by atoms with Crippen molar-refractivity contribution in [3.8, 4) is 5.75 Å². The van der Waals surface area contributed by atoms with Gasteiger partial charge >= 0.3 is 0 Å². The van der Waals surface area contributed by atoms with Crippen molar-refractivity contribution in [2.45, 2.75) is 12.5 Å². The maximum atomic E-state index is 5.76. The van der Waals surface area contributed by atoms with E-state index >= 15 is 0 Å². The number of hydrogen-bond acceptors (Lipinski definition) is 4. The standard InChI is InChI=1S/C17H18N2OS/c1-20-14-8-6-12(7-9-14)16(19-18)10-13-11-21-17-5-3-2-4-15(13)17/h2-9,11,16,19H,10,18H2,1H3. The summed E-state index contributed by atoms with van der Waals surface area (Å²) in [6.45, 7) is 0. The van der Waals surface area contributed by atoms with E-state index in [4.69, 9.17) is 10.6 Å². The monoisotopic (exact) mass is 298 g/mol. The Balaban J connectivity index is 1.86. The number of rotatable bonds is 5. The number of benzene rings is 2. The van der Waals surface area contributed by atoms with Crippen LogP contribution in [-0.4, -0.2) is 7.11 Å². The first kappa shape index (κ1) is 14.1. The summed E-state index contributed by atoms with van der Waals surface area (Å²) in [5.41, 5.74) is 5.41.